The molecule has 1 saturated heterocycles. The van der Waals surface area contributed by atoms with Gasteiger partial charge in [-0.2, -0.15) is 0 Å². The molecule has 1 aromatic rings. The molecule has 1 aliphatic carbocycles. The van der Waals surface area contributed by atoms with E-state index in [-0.39, 0.29) is 24.5 Å². The van der Waals surface area contributed by atoms with Crippen molar-refractivity contribution in [2.24, 2.45) is 5.41 Å². The quantitative estimate of drug-likeness (QED) is 0.157. The van der Waals surface area contributed by atoms with Gasteiger partial charge < -0.3 is 49.1 Å². The highest BCUT2D eigenvalue weighted by molar-refractivity contribution is 5.94. The minimum absolute atomic E-state index is 0.00804. The molecule has 5 atom stereocenters. The number of likely N-dealkylation sites (tertiary alicyclic amines) is 1. The van der Waals surface area contributed by atoms with Crippen molar-refractivity contribution in [1.29, 1.82) is 0 Å². The Kier molecular flexibility index (Phi) is 18.1. The number of fused-ring (bicyclic) bond motifs is 1. The molecule has 54 heavy (non-hydrogen) atoms. The lowest BCUT2D eigenvalue weighted by Gasteiger charge is -2.37. The van der Waals surface area contributed by atoms with Crippen LogP contribution in [0.3, 0.4) is 0 Å². The van der Waals surface area contributed by atoms with Crippen LogP contribution < -0.4 is 10.6 Å². The smallest absolute Gasteiger partial charge is 0.410 e. The number of hydrogen-bond acceptors (Lipinski definition) is 11. The number of carbonyl (C=O) groups excluding carboxylic acids is 4. The van der Waals surface area contributed by atoms with E-state index in [0.29, 0.717) is 85.3 Å². The molecule has 2 aliphatic rings. The zero-order valence-corrected chi connectivity index (χ0v) is 33.5. The molecule has 306 valence electrons. The molecule has 1 aliphatic heterocycles. The van der Waals surface area contributed by atoms with Gasteiger partial charge in [0.1, 0.15) is 23.7 Å². The molecule has 0 radical (unpaired) electrons. The summed E-state index contributed by atoms with van der Waals surface area (Å²) in [7, 11) is 1.48. The number of aliphatic hydroxyl groups excluding tert-OH is 1. The molecular weight excluding hydrogens is 700 g/mol. The minimum Gasteiger partial charge on any atom is -0.444 e. The Morgan fingerprint density at radius 1 is 0.889 bits per heavy atom. The third-order valence-electron chi connectivity index (χ3n) is 9.27. The maximum Gasteiger partial charge on any atom is 0.410 e. The van der Waals surface area contributed by atoms with Crippen molar-refractivity contribution in [3.63, 3.8) is 0 Å². The standard InChI is InChI=1S/C39H64N4O11/c1-27(42(8)37(48)54-39(5,6)7)34(45)41-33(38(2,3)4)36(47)43-15-11-14-30(43)35(46)40-32-29-13-10-9-12-28(29)26-31(32)53-25-24-52-23-22-51-21-20-50-19-18-49-17-16-44/h9-10,12-13,27,30-33,44H,11,14-26H2,1-8H3,(H,40,46)(H,41,45)/t27-,30?,31+,32-,33?/m0/s1. The van der Waals surface area contributed by atoms with Gasteiger partial charge in [-0.3, -0.25) is 19.3 Å². The molecule has 3 N–H and O–H groups in total. The monoisotopic (exact) mass is 764 g/mol. The molecule has 15 heteroatoms. The van der Waals surface area contributed by atoms with Gasteiger partial charge in [-0.1, -0.05) is 45.0 Å². The molecule has 0 bridgehead atoms. The number of hydrogen-bond donors (Lipinski definition) is 3. The molecule has 2 unspecified atom stereocenters. The minimum atomic E-state index is -0.946. The van der Waals surface area contributed by atoms with Crippen molar-refractivity contribution in [2.45, 2.75) is 104 Å². The highest BCUT2D eigenvalue weighted by Crippen LogP contribution is 2.34. The topological polar surface area (TPSA) is 174 Å². The molecular formula is C39H64N4O11. The number of carbonyl (C=O) groups is 4. The van der Waals surface area contributed by atoms with Gasteiger partial charge in [0, 0.05) is 20.0 Å². The van der Waals surface area contributed by atoms with E-state index in [1.807, 2.05) is 45.0 Å². The molecule has 1 aromatic carbocycles. The van der Waals surface area contributed by atoms with Crippen molar-refractivity contribution in [2.75, 3.05) is 79.7 Å². The second-order valence-electron chi connectivity index (χ2n) is 15.7. The summed E-state index contributed by atoms with van der Waals surface area (Å²) in [6.45, 7) is 16.3. The number of rotatable bonds is 21. The van der Waals surface area contributed by atoms with E-state index in [9.17, 15) is 19.2 Å². The van der Waals surface area contributed by atoms with E-state index < -0.39 is 47.2 Å². The number of nitrogens with zero attached hydrogens (tertiary/aromatic N) is 2. The van der Waals surface area contributed by atoms with Crippen LogP contribution in [0.5, 0.6) is 0 Å². The van der Waals surface area contributed by atoms with Crippen LogP contribution >= 0.6 is 0 Å². The van der Waals surface area contributed by atoms with Gasteiger partial charge in [-0.25, -0.2) is 4.79 Å². The Labute approximate surface area is 320 Å². The van der Waals surface area contributed by atoms with Crippen molar-refractivity contribution in [3.8, 4) is 0 Å². The van der Waals surface area contributed by atoms with E-state index in [2.05, 4.69) is 10.6 Å². The highest BCUT2D eigenvalue weighted by Gasteiger charge is 2.44. The van der Waals surface area contributed by atoms with E-state index in [0.717, 1.165) is 11.1 Å². The number of amides is 4. The average Bonchev–Trinajstić information content (AvgIpc) is 3.74. The third kappa shape index (κ3) is 14.1. The van der Waals surface area contributed by atoms with Crippen LogP contribution in [-0.4, -0.2) is 148 Å². The van der Waals surface area contributed by atoms with Crippen molar-refractivity contribution in [3.05, 3.63) is 35.4 Å². The fourth-order valence-corrected chi connectivity index (χ4v) is 6.27. The fourth-order valence-electron chi connectivity index (χ4n) is 6.27. The van der Waals surface area contributed by atoms with Crippen LogP contribution in [0.15, 0.2) is 24.3 Å². The number of benzene rings is 1. The van der Waals surface area contributed by atoms with E-state index in [1.165, 1.54) is 11.9 Å². The largest absolute Gasteiger partial charge is 0.444 e. The van der Waals surface area contributed by atoms with E-state index >= 15 is 0 Å². The van der Waals surface area contributed by atoms with Gasteiger partial charge in [0.25, 0.3) is 0 Å². The second kappa shape index (κ2) is 21.7. The third-order valence-corrected chi connectivity index (χ3v) is 9.27. The molecule has 3 rings (SSSR count). The zero-order valence-electron chi connectivity index (χ0n) is 33.5. The van der Waals surface area contributed by atoms with Gasteiger partial charge in [-0.15, -0.1) is 0 Å². The number of aliphatic hydroxyl groups is 1. The fraction of sp³-hybridized carbons (Fsp3) is 0.744. The predicted molar refractivity (Wildman–Crippen MR) is 201 cm³/mol. The summed E-state index contributed by atoms with van der Waals surface area (Å²) in [6, 6.07) is 4.93. The van der Waals surface area contributed by atoms with Crippen LogP contribution in [-0.2, 0) is 49.2 Å². The van der Waals surface area contributed by atoms with E-state index in [1.54, 1.807) is 32.6 Å². The van der Waals surface area contributed by atoms with E-state index in [4.69, 9.17) is 33.5 Å². The van der Waals surface area contributed by atoms with Crippen LogP contribution in [0.4, 0.5) is 4.79 Å². The van der Waals surface area contributed by atoms with Gasteiger partial charge in [0.15, 0.2) is 0 Å². The highest BCUT2D eigenvalue weighted by atomic mass is 16.6. The van der Waals surface area contributed by atoms with Gasteiger partial charge >= 0.3 is 6.09 Å². The normalized spacial score (nSPS) is 19.6. The Balaban J connectivity index is 1.54. The van der Waals surface area contributed by atoms with Gasteiger partial charge in [0.05, 0.1) is 78.2 Å². The second-order valence-corrected chi connectivity index (χ2v) is 15.7. The summed E-state index contributed by atoms with van der Waals surface area (Å²) in [5.41, 5.74) is 0.642. The number of nitrogens with one attached hydrogen (secondary N) is 2. The summed E-state index contributed by atoms with van der Waals surface area (Å²) >= 11 is 0. The molecule has 15 nitrogen and oxygen atoms in total. The summed E-state index contributed by atoms with van der Waals surface area (Å²) in [4.78, 5) is 57.0. The van der Waals surface area contributed by atoms with Crippen molar-refractivity contribution >= 4 is 23.8 Å². The molecule has 1 heterocycles. The van der Waals surface area contributed by atoms with Crippen LogP contribution in [0.1, 0.15) is 78.5 Å². The lowest BCUT2D eigenvalue weighted by Crippen LogP contribution is -2.60. The summed E-state index contributed by atoms with van der Waals surface area (Å²) in [6.07, 6.45) is 0.782. The number of ether oxygens (including phenoxy) is 6. The summed E-state index contributed by atoms with van der Waals surface area (Å²) in [5.74, 6) is -1.13. The van der Waals surface area contributed by atoms with Crippen LogP contribution in [0.25, 0.3) is 0 Å². The Bertz CT molecular complexity index is 1350. The predicted octanol–water partition coefficient (Wildman–Crippen LogP) is 2.62. The summed E-state index contributed by atoms with van der Waals surface area (Å²) in [5, 5.41) is 14.8. The maximum atomic E-state index is 14.2. The maximum absolute atomic E-state index is 14.2. The molecule has 0 aromatic heterocycles. The number of likely N-dealkylation sites (N-methyl/N-ethyl adjacent to an activating group) is 1. The first-order valence-corrected chi connectivity index (χ1v) is 19.0. The SMILES string of the molecule is C[C@@H](C(=O)NC(C(=O)N1CCCC1C(=O)N[C@H]1c2ccccc2C[C@H]1OCCOCCOCCOCCOCCO)C(C)(C)C)N(C)C(=O)OC(C)(C)C. The lowest BCUT2D eigenvalue weighted by molar-refractivity contribution is -0.144. The average molecular weight is 765 g/mol. The lowest BCUT2D eigenvalue weighted by atomic mass is 9.85. The first kappa shape index (κ1) is 45.1. The van der Waals surface area contributed by atoms with Crippen LogP contribution in [0.2, 0.25) is 0 Å². The zero-order chi connectivity index (χ0) is 39.9. The summed E-state index contributed by atoms with van der Waals surface area (Å²) < 4.78 is 33.4. The van der Waals surface area contributed by atoms with Gasteiger partial charge in [0.2, 0.25) is 17.7 Å². The first-order valence-electron chi connectivity index (χ1n) is 19.0. The Hall–Kier alpha value is -3.34. The molecule has 0 spiro atoms. The molecule has 4 amide bonds. The van der Waals surface area contributed by atoms with Crippen molar-refractivity contribution in [1.82, 2.24) is 20.4 Å². The molecule has 1 fully saturated rings. The van der Waals surface area contributed by atoms with Gasteiger partial charge in [-0.05, 0) is 57.1 Å². The molecule has 0 saturated carbocycles. The van der Waals surface area contributed by atoms with Crippen LogP contribution in [0, 0.1) is 5.41 Å². The Morgan fingerprint density at radius 2 is 1.46 bits per heavy atom. The Morgan fingerprint density at radius 3 is 2.04 bits per heavy atom. The first-order chi connectivity index (χ1) is 25.5. The van der Waals surface area contributed by atoms with Crippen molar-refractivity contribution < 1.29 is 52.7 Å².